The van der Waals surface area contributed by atoms with Crippen molar-refractivity contribution in [3.05, 3.63) is 52.5 Å². The van der Waals surface area contributed by atoms with E-state index in [0.717, 1.165) is 11.1 Å². The fourth-order valence-electron chi connectivity index (χ4n) is 1.97. The van der Waals surface area contributed by atoms with Gasteiger partial charge in [0, 0.05) is 6.92 Å². The first-order valence-corrected chi connectivity index (χ1v) is 8.72. The minimum atomic E-state index is -3.72. The second-order valence-corrected chi connectivity index (χ2v) is 7.32. The average molecular weight is 353 g/mol. The minimum absolute atomic E-state index is 0.177. The molecule has 2 rings (SSSR count). The molecule has 0 aliphatic rings. The molecule has 23 heavy (non-hydrogen) atoms. The quantitative estimate of drug-likeness (QED) is 0.880. The largest absolute Gasteiger partial charge is 0.325 e. The molecule has 0 aromatic heterocycles. The van der Waals surface area contributed by atoms with Crippen molar-refractivity contribution in [3.8, 4) is 0 Å². The maximum atomic E-state index is 12.5. The van der Waals surface area contributed by atoms with E-state index in [-0.39, 0.29) is 10.8 Å². The van der Waals surface area contributed by atoms with Crippen LogP contribution in [-0.4, -0.2) is 14.3 Å². The molecule has 0 radical (unpaired) electrons. The maximum absolute atomic E-state index is 12.5. The van der Waals surface area contributed by atoms with Crippen molar-refractivity contribution in [2.45, 2.75) is 25.7 Å². The highest BCUT2D eigenvalue weighted by Crippen LogP contribution is 2.27. The predicted octanol–water partition coefficient (Wildman–Crippen LogP) is 3.72. The lowest BCUT2D eigenvalue weighted by Crippen LogP contribution is -2.14. The van der Waals surface area contributed by atoms with Crippen LogP contribution in [0.25, 0.3) is 0 Å². The Hall–Kier alpha value is -2.05. The second kappa shape index (κ2) is 6.60. The Kier molecular flexibility index (Phi) is 4.97. The summed E-state index contributed by atoms with van der Waals surface area (Å²) < 4.78 is 27.4. The number of nitrogens with one attached hydrogen (secondary N) is 2. The summed E-state index contributed by atoms with van der Waals surface area (Å²) in [5, 5.41) is 2.88. The van der Waals surface area contributed by atoms with Gasteiger partial charge in [-0.1, -0.05) is 17.7 Å². The van der Waals surface area contributed by atoms with Gasteiger partial charge in [-0.15, -0.1) is 0 Å². The van der Waals surface area contributed by atoms with E-state index < -0.39 is 10.0 Å². The highest BCUT2D eigenvalue weighted by molar-refractivity contribution is 7.92. The third-order valence-corrected chi connectivity index (χ3v) is 5.03. The van der Waals surface area contributed by atoms with Crippen LogP contribution >= 0.6 is 11.6 Å². The van der Waals surface area contributed by atoms with E-state index in [1.807, 2.05) is 13.8 Å². The fraction of sp³-hybridized carbons (Fsp3) is 0.188. The van der Waals surface area contributed by atoms with Crippen molar-refractivity contribution in [3.63, 3.8) is 0 Å². The van der Waals surface area contributed by atoms with Gasteiger partial charge in [0.2, 0.25) is 5.91 Å². The van der Waals surface area contributed by atoms with E-state index in [4.69, 9.17) is 11.6 Å². The Morgan fingerprint density at radius 2 is 1.74 bits per heavy atom. The molecule has 0 spiro atoms. The number of anilines is 2. The van der Waals surface area contributed by atoms with E-state index in [0.29, 0.717) is 16.4 Å². The van der Waals surface area contributed by atoms with Crippen molar-refractivity contribution in [1.29, 1.82) is 0 Å². The summed E-state index contributed by atoms with van der Waals surface area (Å²) in [4.78, 5) is 11.3. The molecule has 2 aromatic carbocycles. The summed E-state index contributed by atoms with van der Waals surface area (Å²) >= 11 is 5.97. The van der Waals surface area contributed by atoms with Gasteiger partial charge in [-0.2, -0.15) is 0 Å². The van der Waals surface area contributed by atoms with Crippen molar-refractivity contribution in [1.82, 2.24) is 0 Å². The zero-order valence-electron chi connectivity index (χ0n) is 13.0. The molecule has 0 aliphatic carbocycles. The van der Waals surface area contributed by atoms with Gasteiger partial charge in [0.1, 0.15) is 0 Å². The van der Waals surface area contributed by atoms with E-state index in [2.05, 4.69) is 10.0 Å². The SMILES string of the molecule is CC(=O)Nc1cc(NS(=O)(=O)c2ccc(C)c(C)c2)ccc1Cl. The highest BCUT2D eigenvalue weighted by Gasteiger charge is 2.15. The lowest BCUT2D eigenvalue weighted by Gasteiger charge is -2.12. The molecule has 0 saturated heterocycles. The van der Waals surface area contributed by atoms with Gasteiger partial charge in [-0.25, -0.2) is 8.42 Å². The molecule has 2 N–H and O–H groups in total. The van der Waals surface area contributed by atoms with Gasteiger partial charge in [0.25, 0.3) is 10.0 Å². The number of sulfonamides is 1. The molecule has 0 atom stereocenters. The molecule has 0 fully saturated rings. The van der Waals surface area contributed by atoms with Crippen LogP contribution in [0.4, 0.5) is 11.4 Å². The number of hydrogen-bond acceptors (Lipinski definition) is 3. The first-order valence-electron chi connectivity index (χ1n) is 6.86. The molecule has 1 amide bonds. The third kappa shape index (κ3) is 4.24. The molecule has 0 heterocycles. The van der Waals surface area contributed by atoms with Crippen LogP contribution in [0.15, 0.2) is 41.3 Å². The summed E-state index contributed by atoms with van der Waals surface area (Å²) in [7, 11) is -3.72. The number of hydrogen-bond donors (Lipinski definition) is 2. The Bertz CT molecular complexity index is 864. The summed E-state index contributed by atoms with van der Waals surface area (Å²) in [5.74, 6) is -0.291. The highest BCUT2D eigenvalue weighted by atomic mass is 35.5. The predicted molar refractivity (Wildman–Crippen MR) is 92.5 cm³/mol. The molecule has 0 bridgehead atoms. The van der Waals surface area contributed by atoms with Crippen LogP contribution in [0.5, 0.6) is 0 Å². The van der Waals surface area contributed by atoms with Gasteiger partial charge in [-0.3, -0.25) is 9.52 Å². The van der Waals surface area contributed by atoms with Crippen LogP contribution in [0.2, 0.25) is 5.02 Å². The fourth-order valence-corrected chi connectivity index (χ4v) is 3.27. The third-order valence-electron chi connectivity index (χ3n) is 3.32. The monoisotopic (exact) mass is 352 g/mol. The first-order chi connectivity index (χ1) is 10.7. The lowest BCUT2D eigenvalue weighted by molar-refractivity contribution is -0.114. The number of aryl methyl sites for hydroxylation is 2. The number of amides is 1. The molecular weight excluding hydrogens is 336 g/mol. The Morgan fingerprint density at radius 1 is 1.04 bits per heavy atom. The zero-order valence-corrected chi connectivity index (χ0v) is 14.5. The van der Waals surface area contributed by atoms with Crippen LogP contribution in [0.3, 0.4) is 0 Å². The van der Waals surface area contributed by atoms with E-state index in [1.165, 1.54) is 25.1 Å². The van der Waals surface area contributed by atoms with E-state index in [9.17, 15) is 13.2 Å². The van der Waals surface area contributed by atoms with Crippen LogP contribution in [0, 0.1) is 13.8 Å². The number of benzene rings is 2. The molecule has 7 heteroatoms. The standard InChI is InChI=1S/C16H17ClN2O3S/c1-10-4-6-14(8-11(10)2)23(21,22)19-13-5-7-15(17)16(9-13)18-12(3)20/h4-9,19H,1-3H3,(H,18,20). The van der Waals surface area contributed by atoms with Crippen molar-refractivity contribution >= 4 is 38.9 Å². The molecular formula is C16H17ClN2O3S. The van der Waals surface area contributed by atoms with Gasteiger partial charge in [0.15, 0.2) is 0 Å². The summed E-state index contributed by atoms with van der Waals surface area (Å²) in [6.45, 7) is 5.12. The van der Waals surface area contributed by atoms with Crippen molar-refractivity contribution < 1.29 is 13.2 Å². The van der Waals surface area contributed by atoms with Crippen LogP contribution < -0.4 is 10.0 Å². The van der Waals surface area contributed by atoms with Crippen molar-refractivity contribution in [2.75, 3.05) is 10.0 Å². The maximum Gasteiger partial charge on any atom is 0.261 e. The van der Waals surface area contributed by atoms with Gasteiger partial charge in [0.05, 0.1) is 21.3 Å². The number of halogens is 1. The smallest absolute Gasteiger partial charge is 0.261 e. The van der Waals surface area contributed by atoms with E-state index in [1.54, 1.807) is 18.2 Å². The molecule has 5 nitrogen and oxygen atoms in total. The summed E-state index contributed by atoms with van der Waals surface area (Å²) in [6, 6.07) is 9.45. The number of carbonyl (C=O) groups excluding carboxylic acids is 1. The van der Waals surface area contributed by atoms with Crippen LogP contribution in [-0.2, 0) is 14.8 Å². The normalized spacial score (nSPS) is 11.1. The number of carbonyl (C=O) groups is 1. The molecule has 0 aliphatic heterocycles. The van der Waals surface area contributed by atoms with Gasteiger partial charge < -0.3 is 5.32 Å². The molecule has 122 valence electrons. The Balaban J connectivity index is 2.33. The molecule has 0 saturated carbocycles. The average Bonchev–Trinajstić information content (AvgIpc) is 2.44. The van der Waals surface area contributed by atoms with Crippen molar-refractivity contribution in [2.24, 2.45) is 0 Å². The summed E-state index contributed by atoms with van der Waals surface area (Å²) in [5.41, 5.74) is 2.57. The van der Waals surface area contributed by atoms with Gasteiger partial charge >= 0.3 is 0 Å². The second-order valence-electron chi connectivity index (χ2n) is 5.23. The summed E-state index contributed by atoms with van der Waals surface area (Å²) in [6.07, 6.45) is 0. The Labute approximate surface area is 140 Å². The first kappa shape index (κ1) is 17.3. The minimum Gasteiger partial charge on any atom is -0.325 e. The molecule has 0 unspecified atom stereocenters. The number of rotatable bonds is 4. The van der Waals surface area contributed by atoms with Crippen LogP contribution in [0.1, 0.15) is 18.1 Å². The Morgan fingerprint density at radius 3 is 2.35 bits per heavy atom. The van der Waals surface area contributed by atoms with E-state index >= 15 is 0 Å². The topological polar surface area (TPSA) is 75.3 Å². The van der Waals surface area contributed by atoms with Gasteiger partial charge in [-0.05, 0) is 55.3 Å². The lowest BCUT2D eigenvalue weighted by atomic mass is 10.1. The molecule has 2 aromatic rings. The zero-order chi connectivity index (χ0) is 17.2.